The summed E-state index contributed by atoms with van der Waals surface area (Å²) in [6.07, 6.45) is 1.96. The first kappa shape index (κ1) is 11.5. The van der Waals surface area contributed by atoms with Gasteiger partial charge < -0.3 is 9.30 Å². The number of fused-ring (bicyclic) bond motifs is 3. The van der Waals surface area contributed by atoms with Crippen molar-refractivity contribution in [3.8, 4) is 17.1 Å². The van der Waals surface area contributed by atoms with Crippen molar-refractivity contribution < 1.29 is 9.13 Å². The van der Waals surface area contributed by atoms with Crippen LogP contribution in [0.4, 0.5) is 4.39 Å². The number of halogens is 3. The molecule has 1 aliphatic rings. The van der Waals surface area contributed by atoms with Crippen LogP contribution in [0.25, 0.3) is 11.4 Å². The van der Waals surface area contributed by atoms with Gasteiger partial charge in [0, 0.05) is 12.3 Å². The Morgan fingerprint density at radius 3 is 3.12 bits per heavy atom. The topological polar surface area (TPSA) is 27.1 Å². The monoisotopic (exact) mass is 408 g/mol. The molecule has 0 saturated heterocycles. The Morgan fingerprint density at radius 1 is 1.47 bits per heavy atom. The Labute approximate surface area is 119 Å². The van der Waals surface area contributed by atoms with E-state index in [1.807, 2.05) is 10.8 Å². The van der Waals surface area contributed by atoms with Gasteiger partial charge in [-0.25, -0.2) is 9.37 Å². The van der Waals surface area contributed by atoms with Crippen LogP contribution in [0.2, 0.25) is 0 Å². The quantitative estimate of drug-likeness (QED) is 0.624. The van der Waals surface area contributed by atoms with E-state index in [1.165, 1.54) is 6.07 Å². The lowest BCUT2D eigenvalue weighted by atomic mass is 10.2. The largest absolute Gasteiger partial charge is 0.491 e. The normalized spacial score (nSPS) is 13.6. The first-order valence-electron chi connectivity index (χ1n) is 5.00. The van der Waals surface area contributed by atoms with Crippen LogP contribution in [0.15, 0.2) is 22.8 Å². The third-order valence-electron chi connectivity index (χ3n) is 2.60. The van der Waals surface area contributed by atoms with Crippen LogP contribution < -0.4 is 4.74 Å². The fraction of sp³-hybridized carbons (Fsp3) is 0.182. The van der Waals surface area contributed by atoms with Crippen molar-refractivity contribution in [2.45, 2.75) is 6.54 Å². The number of ether oxygens (including phenoxy) is 1. The van der Waals surface area contributed by atoms with Crippen molar-refractivity contribution >= 4 is 38.5 Å². The van der Waals surface area contributed by atoms with Crippen LogP contribution in [-0.4, -0.2) is 16.2 Å². The van der Waals surface area contributed by atoms with E-state index in [2.05, 4.69) is 43.5 Å². The lowest BCUT2D eigenvalue weighted by Gasteiger charge is -2.07. The van der Waals surface area contributed by atoms with Crippen molar-refractivity contribution in [1.29, 1.82) is 0 Å². The third-order valence-corrected chi connectivity index (χ3v) is 3.73. The zero-order chi connectivity index (χ0) is 12.0. The maximum Gasteiger partial charge on any atom is 0.145 e. The van der Waals surface area contributed by atoms with Gasteiger partial charge >= 0.3 is 0 Å². The second kappa shape index (κ2) is 4.24. The molecule has 1 aliphatic heterocycles. The molecule has 0 unspecified atom stereocenters. The lowest BCUT2D eigenvalue weighted by molar-refractivity contribution is 0.305. The van der Waals surface area contributed by atoms with Crippen molar-refractivity contribution in [2.24, 2.45) is 0 Å². The van der Waals surface area contributed by atoms with E-state index < -0.39 is 0 Å². The highest BCUT2D eigenvalue weighted by Gasteiger charge is 2.19. The molecular formula is C11H7BrFIN2O. The molecule has 0 atom stereocenters. The number of hydrogen-bond donors (Lipinski definition) is 0. The molecular weight excluding hydrogens is 402 g/mol. The van der Waals surface area contributed by atoms with Crippen molar-refractivity contribution in [2.75, 3.05) is 6.61 Å². The molecule has 0 saturated carbocycles. The molecule has 2 heterocycles. The predicted octanol–water partition coefficient (Wildman–Crippen LogP) is 3.45. The van der Waals surface area contributed by atoms with Crippen LogP contribution in [-0.2, 0) is 6.54 Å². The summed E-state index contributed by atoms with van der Waals surface area (Å²) in [5.74, 6) is 1.05. The van der Waals surface area contributed by atoms with Gasteiger partial charge in [0.1, 0.15) is 27.7 Å². The van der Waals surface area contributed by atoms with E-state index in [4.69, 9.17) is 4.74 Å². The van der Waals surface area contributed by atoms with Crippen molar-refractivity contribution in [3.63, 3.8) is 0 Å². The van der Waals surface area contributed by atoms with E-state index in [1.54, 1.807) is 6.07 Å². The molecule has 0 fully saturated rings. The van der Waals surface area contributed by atoms with E-state index in [9.17, 15) is 4.39 Å². The number of nitrogens with zero attached hydrogens (tertiary/aromatic N) is 2. The molecule has 0 N–H and O–H groups in total. The summed E-state index contributed by atoms with van der Waals surface area (Å²) in [5.41, 5.74) is 0.818. The van der Waals surface area contributed by atoms with Crippen LogP contribution in [0.5, 0.6) is 5.75 Å². The standard InChI is InChI=1S/C11H7BrFIN2O/c12-7-3-6-9(4-8(7)13)17-2-1-16-5-10(14)15-11(6)16/h3-5H,1-2H2. The molecule has 2 aromatic rings. The molecule has 1 aromatic heterocycles. The van der Waals surface area contributed by atoms with Crippen molar-refractivity contribution in [1.82, 2.24) is 9.55 Å². The number of aromatic nitrogens is 2. The number of rotatable bonds is 0. The van der Waals surface area contributed by atoms with E-state index >= 15 is 0 Å². The first-order valence-corrected chi connectivity index (χ1v) is 6.87. The molecule has 88 valence electrons. The Bertz CT molecular complexity index is 599. The van der Waals surface area contributed by atoms with E-state index in [0.29, 0.717) is 16.8 Å². The summed E-state index contributed by atoms with van der Waals surface area (Å²) < 4.78 is 22.4. The smallest absolute Gasteiger partial charge is 0.145 e. The molecule has 1 aromatic carbocycles. The minimum Gasteiger partial charge on any atom is -0.491 e. The maximum atomic E-state index is 13.5. The average Bonchev–Trinajstić information content (AvgIpc) is 2.57. The second-order valence-electron chi connectivity index (χ2n) is 3.69. The van der Waals surface area contributed by atoms with Crippen LogP contribution in [0.1, 0.15) is 0 Å². The van der Waals surface area contributed by atoms with Gasteiger partial charge in [-0.3, -0.25) is 0 Å². The fourth-order valence-corrected chi connectivity index (χ4v) is 2.75. The Kier molecular flexibility index (Phi) is 2.86. The minimum atomic E-state index is -0.321. The summed E-state index contributed by atoms with van der Waals surface area (Å²) in [4.78, 5) is 4.45. The highest BCUT2D eigenvalue weighted by Crippen LogP contribution is 2.35. The van der Waals surface area contributed by atoms with Gasteiger partial charge in [0.05, 0.1) is 16.6 Å². The lowest BCUT2D eigenvalue weighted by Crippen LogP contribution is -2.04. The number of benzene rings is 1. The van der Waals surface area contributed by atoms with E-state index in [0.717, 1.165) is 21.6 Å². The van der Waals surface area contributed by atoms with Crippen molar-refractivity contribution in [3.05, 3.63) is 32.3 Å². The van der Waals surface area contributed by atoms with Gasteiger partial charge in [0.25, 0.3) is 0 Å². The molecule has 0 bridgehead atoms. The summed E-state index contributed by atoms with van der Waals surface area (Å²) in [6.45, 7) is 1.24. The third kappa shape index (κ3) is 1.97. The zero-order valence-electron chi connectivity index (χ0n) is 8.58. The fourth-order valence-electron chi connectivity index (χ4n) is 1.85. The summed E-state index contributed by atoms with van der Waals surface area (Å²) in [7, 11) is 0. The molecule has 0 radical (unpaired) electrons. The predicted molar refractivity (Wildman–Crippen MR) is 73.5 cm³/mol. The molecule has 17 heavy (non-hydrogen) atoms. The summed E-state index contributed by atoms with van der Waals surface area (Å²) in [5, 5.41) is 0. The summed E-state index contributed by atoms with van der Waals surface area (Å²) >= 11 is 5.36. The number of imidazole rings is 1. The second-order valence-corrected chi connectivity index (χ2v) is 5.65. The highest BCUT2D eigenvalue weighted by molar-refractivity contribution is 14.1. The Hall–Kier alpha value is -0.630. The van der Waals surface area contributed by atoms with Gasteiger partial charge in [-0.05, 0) is 44.6 Å². The minimum absolute atomic E-state index is 0.321. The molecule has 0 amide bonds. The average molecular weight is 409 g/mol. The van der Waals surface area contributed by atoms with Gasteiger partial charge in [-0.2, -0.15) is 0 Å². The van der Waals surface area contributed by atoms with Gasteiger partial charge in [-0.15, -0.1) is 0 Å². The van der Waals surface area contributed by atoms with Crippen LogP contribution >= 0.6 is 38.5 Å². The first-order chi connectivity index (χ1) is 8.15. The molecule has 6 heteroatoms. The molecule has 3 rings (SSSR count). The molecule has 0 aliphatic carbocycles. The SMILES string of the molecule is Fc1cc2c(cc1Br)-c1nc(I)cn1CCO2. The van der Waals surface area contributed by atoms with Gasteiger partial charge in [0.15, 0.2) is 0 Å². The molecule has 0 spiro atoms. The zero-order valence-corrected chi connectivity index (χ0v) is 12.3. The Morgan fingerprint density at radius 2 is 2.29 bits per heavy atom. The highest BCUT2D eigenvalue weighted by atomic mass is 127. The Balaban J connectivity index is 2.27. The summed E-state index contributed by atoms with van der Waals surface area (Å²) in [6, 6.07) is 3.11. The van der Waals surface area contributed by atoms with Gasteiger partial charge in [-0.1, -0.05) is 0 Å². The van der Waals surface area contributed by atoms with Crippen LogP contribution in [0, 0.1) is 9.52 Å². The molecule has 3 nitrogen and oxygen atoms in total. The number of hydrogen-bond acceptors (Lipinski definition) is 2. The van der Waals surface area contributed by atoms with Gasteiger partial charge in [0.2, 0.25) is 0 Å². The maximum absolute atomic E-state index is 13.5. The van der Waals surface area contributed by atoms with Crippen LogP contribution in [0.3, 0.4) is 0 Å². The van der Waals surface area contributed by atoms with E-state index in [-0.39, 0.29) is 5.82 Å².